The summed E-state index contributed by atoms with van der Waals surface area (Å²) in [5, 5.41) is 0. The van der Waals surface area contributed by atoms with Crippen molar-refractivity contribution in [3.63, 3.8) is 0 Å². The van der Waals surface area contributed by atoms with Crippen LogP contribution in [0.5, 0.6) is 0 Å². The van der Waals surface area contributed by atoms with Gasteiger partial charge in [0, 0.05) is 22.3 Å². The highest BCUT2D eigenvalue weighted by molar-refractivity contribution is 5.77. The molecule has 4 rings (SSSR count). The van der Waals surface area contributed by atoms with E-state index in [9.17, 15) is 0 Å². The van der Waals surface area contributed by atoms with Crippen LogP contribution in [0.4, 0.5) is 0 Å². The van der Waals surface area contributed by atoms with Gasteiger partial charge in [-0.05, 0) is 71.5 Å². The van der Waals surface area contributed by atoms with E-state index < -0.39 is 0 Å². The summed E-state index contributed by atoms with van der Waals surface area (Å²) in [5.41, 5.74) is 12.7. The number of benzene rings is 2. The van der Waals surface area contributed by atoms with E-state index in [1.54, 1.807) is 0 Å². The minimum atomic E-state index is 0.950. The normalized spacial score (nSPS) is 12.9. The molecule has 0 aliphatic heterocycles. The molecule has 26 heavy (non-hydrogen) atoms. The minimum absolute atomic E-state index is 0.950. The molecule has 0 radical (unpaired) electrons. The Bertz CT molecular complexity index is 1090. The largest absolute Gasteiger partial charge is 0.112 e. The molecule has 0 heterocycles. The quantitative estimate of drug-likeness (QED) is 0.518. The summed E-state index contributed by atoms with van der Waals surface area (Å²) in [6.07, 6.45) is 11.9. The average molecular weight is 326 g/mol. The van der Waals surface area contributed by atoms with E-state index in [0.29, 0.717) is 0 Å². The number of hydrogen-bond donors (Lipinski definition) is 0. The van der Waals surface area contributed by atoms with Gasteiger partial charge in [-0.1, -0.05) is 48.3 Å². The summed E-state index contributed by atoms with van der Waals surface area (Å²) in [6.45, 7) is 0. The fourth-order valence-electron chi connectivity index (χ4n) is 2.76. The molecule has 2 aromatic carbocycles. The SMILES string of the molecule is C1=CC=CC=1c1cccc(C#CC#Cc2cccc(C3=C=CC=C3)c2)c1. The molecule has 0 unspecified atom stereocenters. The third-order valence-electron chi connectivity index (χ3n) is 4.02. The topological polar surface area (TPSA) is 0 Å². The highest BCUT2D eigenvalue weighted by atomic mass is 14.0. The minimum Gasteiger partial charge on any atom is -0.112 e. The smallest absolute Gasteiger partial charge is 0.0261 e. The van der Waals surface area contributed by atoms with E-state index in [-0.39, 0.29) is 0 Å². The van der Waals surface area contributed by atoms with Crippen molar-refractivity contribution < 1.29 is 0 Å². The summed E-state index contributed by atoms with van der Waals surface area (Å²) in [4.78, 5) is 0. The molecule has 0 N–H and O–H groups in total. The summed E-state index contributed by atoms with van der Waals surface area (Å²) in [7, 11) is 0. The van der Waals surface area contributed by atoms with Crippen molar-refractivity contribution in [2.75, 3.05) is 0 Å². The molecule has 2 aliphatic rings. The lowest BCUT2D eigenvalue weighted by atomic mass is 10.0. The molecule has 0 saturated carbocycles. The van der Waals surface area contributed by atoms with Crippen molar-refractivity contribution in [3.8, 4) is 23.7 Å². The van der Waals surface area contributed by atoms with Gasteiger partial charge in [0.15, 0.2) is 0 Å². The van der Waals surface area contributed by atoms with Crippen LogP contribution in [0.25, 0.3) is 11.1 Å². The monoisotopic (exact) mass is 326 g/mol. The number of hydrogen-bond acceptors (Lipinski definition) is 0. The van der Waals surface area contributed by atoms with Crippen LogP contribution in [0.15, 0.2) is 96.4 Å². The van der Waals surface area contributed by atoms with Gasteiger partial charge in [-0.2, -0.15) is 0 Å². The maximum atomic E-state index is 3.21. The van der Waals surface area contributed by atoms with Gasteiger partial charge in [0.1, 0.15) is 0 Å². The third kappa shape index (κ3) is 3.60. The molecular formula is C26H14. The van der Waals surface area contributed by atoms with Crippen LogP contribution in [0.2, 0.25) is 0 Å². The van der Waals surface area contributed by atoms with E-state index >= 15 is 0 Å². The summed E-state index contributed by atoms with van der Waals surface area (Å²) in [6, 6.07) is 16.3. The molecule has 0 amide bonds. The van der Waals surface area contributed by atoms with E-state index in [4.69, 9.17) is 0 Å². The second-order valence-corrected chi connectivity index (χ2v) is 5.83. The number of rotatable bonds is 2. The summed E-state index contributed by atoms with van der Waals surface area (Å²) >= 11 is 0. The predicted molar refractivity (Wildman–Crippen MR) is 108 cm³/mol. The van der Waals surface area contributed by atoms with Gasteiger partial charge in [-0.3, -0.25) is 0 Å². The van der Waals surface area contributed by atoms with Crippen LogP contribution in [0, 0.1) is 23.7 Å². The number of allylic oxidation sites excluding steroid dienone is 6. The Labute approximate surface area is 153 Å². The molecule has 0 atom stereocenters. The zero-order valence-corrected chi connectivity index (χ0v) is 14.1. The molecule has 0 spiro atoms. The average Bonchev–Trinajstić information content (AvgIpc) is 3.40. The van der Waals surface area contributed by atoms with Crippen LogP contribution in [-0.4, -0.2) is 0 Å². The van der Waals surface area contributed by atoms with Gasteiger partial charge in [-0.15, -0.1) is 11.5 Å². The van der Waals surface area contributed by atoms with E-state index in [2.05, 4.69) is 59.4 Å². The molecular weight excluding hydrogens is 312 g/mol. The first kappa shape index (κ1) is 15.6. The van der Waals surface area contributed by atoms with Gasteiger partial charge in [-0.25, -0.2) is 0 Å². The zero-order valence-electron chi connectivity index (χ0n) is 14.1. The first-order valence-corrected chi connectivity index (χ1v) is 8.38. The Morgan fingerprint density at radius 1 is 0.615 bits per heavy atom. The van der Waals surface area contributed by atoms with Gasteiger partial charge in [0.05, 0.1) is 0 Å². The molecule has 118 valence electrons. The Morgan fingerprint density at radius 2 is 1.12 bits per heavy atom. The molecule has 0 fully saturated rings. The molecule has 0 nitrogen and oxygen atoms in total. The van der Waals surface area contributed by atoms with E-state index in [1.165, 1.54) is 0 Å². The lowest BCUT2D eigenvalue weighted by Gasteiger charge is -1.98. The lowest BCUT2D eigenvalue weighted by molar-refractivity contribution is 1.58. The van der Waals surface area contributed by atoms with Crippen LogP contribution >= 0.6 is 0 Å². The maximum absolute atomic E-state index is 3.21. The van der Waals surface area contributed by atoms with Crippen LogP contribution in [0.3, 0.4) is 0 Å². The predicted octanol–water partition coefficient (Wildman–Crippen LogP) is 5.31. The van der Waals surface area contributed by atoms with Gasteiger partial charge in [0.25, 0.3) is 0 Å². The standard InChI is InChI=1S/C26H14/c1(9-21-11-7-17-25(19-21)23-13-3-4-14-23)2-10-22-12-8-18-26(20-22)24-15-5-6-16-24/h3-8,11-13,15,17-20H. The highest BCUT2D eigenvalue weighted by Gasteiger charge is 2.00. The zero-order chi connectivity index (χ0) is 17.6. The first-order valence-electron chi connectivity index (χ1n) is 8.38. The van der Waals surface area contributed by atoms with Crippen molar-refractivity contribution in [1.82, 2.24) is 0 Å². The van der Waals surface area contributed by atoms with Crippen molar-refractivity contribution in [2.45, 2.75) is 0 Å². The second-order valence-electron chi connectivity index (χ2n) is 5.83. The van der Waals surface area contributed by atoms with Gasteiger partial charge < -0.3 is 0 Å². The molecule has 0 heteroatoms. The van der Waals surface area contributed by atoms with Crippen LogP contribution in [0.1, 0.15) is 22.3 Å². The Morgan fingerprint density at radius 3 is 1.54 bits per heavy atom. The Balaban J connectivity index is 1.53. The molecule has 0 aromatic heterocycles. The molecule has 2 aliphatic carbocycles. The van der Waals surface area contributed by atoms with Crippen molar-refractivity contribution in [3.05, 3.63) is 119 Å². The van der Waals surface area contributed by atoms with E-state index in [0.717, 1.165) is 33.4 Å². The van der Waals surface area contributed by atoms with Gasteiger partial charge >= 0.3 is 0 Å². The second kappa shape index (κ2) is 7.32. The van der Waals surface area contributed by atoms with Gasteiger partial charge in [0.2, 0.25) is 0 Å². The fourth-order valence-corrected chi connectivity index (χ4v) is 2.76. The third-order valence-corrected chi connectivity index (χ3v) is 4.02. The van der Waals surface area contributed by atoms with Crippen molar-refractivity contribution in [1.29, 1.82) is 0 Å². The molecule has 2 aromatic rings. The lowest BCUT2D eigenvalue weighted by Crippen LogP contribution is -1.81. The Kier molecular flexibility index (Phi) is 4.39. The van der Waals surface area contributed by atoms with Crippen LogP contribution in [-0.2, 0) is 0 Å². The van der Waals surface area contributed by atoms with Crippen molar-refractivity contribution in [2.24, 2.45) is 0 Å². The maximum Gasteiger partial charge on any atom is 0.0261 e. The van der Waals surface area contributed by atoms with Crippen molar-refractivity contribution >= 4 is 11.1 Å². The molecule has 0 bridgehead atoms. The summed E-state index contributed by atoms with van der Waals surface area (Å²) < 4.78 is 0. The Hall–Kier alpha value is -3.92. The highest BCUT2D eigenvalue weighted by Crippen LogP contribution is 2.19. The summed E-state index contributed by atoms with van der Waals surface area (Å²) in [5.74, 6) is 12.1. The fraction of sp³-hybridized carbons (Fsp3) is 0. The van der Waals surface area contributed by atoms with E-state index in [1.807, 2.05) is 60.7 Å². The van der Waals surface area contributed by atoms with Crippen LogP contribution < -0.4 is 0 Å². The molecule has 0 saturated heterocycles. The first-order chi connectivity index (χ1) is 12.9.